The van der Waals surface area contributed by atoms with Gasteiger partial charge in [0.2, 0.25) is 0 Å². The van der Waals surface area contributed by atoms with Gasteiger partial charge in [-0.05, 0) is 120 Å². The van der Waals surface area contributed by atoms with Crippen molar-refractivity contribution in [2.24, 2.45) is 17.0 Å². The van der Waals surface area contributed by atoms with Crippen LogP contribution in [0.1, 0.15) is 153 Å². The van der Waals surface area contributed by atoms with Crippen molar-refractivity contribution in [1.82, 2.24) is 9.80 Å². The lowest BCUT2D eigenvalue weighted by Crippen LogP contribution is -2.46. The van der Waals surface area contributed by atoms with Crippen LogP contribution in [0.15, 0.2) is 35.5 Å². The Labute approximate surface area is 315 Å². The first-order valence-corrected chi connectivity index (χ1v) is 20.2. The molecule has 0 N–H and O–H groups in total. The van der Waals surface area contributed by atoms with Crippen LogP contribution < -0.4 is 0 Å². The van der Waals surface area contributed by atoms with Gasteiger partial charge in [0.1, 0.15) is 6.23 Å². The highest BCUT2D eigenvalue weighted by Crippen LogP contribution is 2.41. The minimum Gasteiger partial charge on any atom is -0.366 e. The van der Waals surface area contributed by atoms with Gasteiger partial charge >= 0.3 is 0 Å². The summed E-state index contributed by atoms with van der Waals surface area (Å²) < 4.78 is 6.29. The Balaban J connectivity index is 0.000000964. The SMILES string of the molecule is CC.CC.CCC(=O)N=O.CCCN(CCC(C)CC)C(OC)C1CN(C(C)(C)C)C[C@H]1c1ccc(C)cc1C.Cc1cc2c(cc1C)CCC2. The van der Waals surface area contributed by atoms with E-state index in [1.54, 1.807) is 18.1 Å². The van der Waals surface area contributed by atoms with E-state index >= 15 is 0 Å². The summed E-state index contributed by atoms with van der Waals surface area (Å²) in [6.07, 6.45) is 8.02. The number of nitroso groups, excluding NO2 is 1. The van der Waals surface area contributed by atoms with Gasteiger partial charge in [0.15, 0.2) is 0 Å². The summed E-state index contributed by atoms with van der Waals surface area (Å²) in [4.78, 5) is 24.1. The summed E-state index contributed by atoms with van der Waals surface area (Å²) in [5, 5.41) is 2.12. The number of rotatable bonds is 11. The second kappa shape index (κ2) is 25.5. The van der Waals surface area contributed by atoms with Crippen LogP contribution in [0.25, 0.3) is 0 Å². The van der Waals surface area contributed by atoms with E-state index in [0.717, 1.165) is 32.1 Å². The molecule has 2 aromatic carbocycles. The molecule has 3 unspecified atom stereocenters. The molecule has 1 amide bonds. The quantitative estimate of drug-likeness (QED) is 0.172. The summed E-state index contributed by atoms with van der Waals surface area (Å²) in [6.45, 7) is 37.0. The van der Waals surface area contributed by atoms with E-state index in [4.69, 9.17) is 9.64 Å². The van der Waals surface area contributed by atoms with Crippen molar-refractivity contribution in [3.05, 3.63) is 74.2 Å². The molecule has 1 saturated heterocycles. The van der Waals surface area contributed by atoms with Crippen LogP contribution in [0.2, 0.25) is 0 Å². The molecule has 6 heteroatoms. The van der Waals surface area contributed by atoms with Crippen LogP contribution in [0.3, 0.4) is 0 Å². The van der Waals surface area contributed by atoms with Crippen molar-refractivity contribution < 1.29 is 9.53 Å². The number of hydrogen-bond donors (Lipinski definition) is 0. The van der Waals surface area contributed by atoms with Gasteiger partial charge in [-0.2, -0.15) is 0 Å². The largest absolute Gasteiger partial charge is 0.366 e. The van der Waals surface area contributed by atoms with Crippen molar-refractivity contribution in [3.8, 4) is 0 Å². The molecule has 292 valence electrons. The second-order valence-electron chi connectivity index (χ2n) is 15.1. The fourth-order valence-electron chi connectivity index (χ4n) is 7.01. The molecule has 1 aliphatic carbocycles. The summed E-state index contributed by atoms with van der Waals surface area (Å²) >= 11 is 0. The predicted octanol–water partition coefficient (Wildman–Crippen LogP) is 11.8. The number of amides is 1. The smallest absolute Gasteiger partial charge is 0.286 e. The zero-order valence-corrected chi connectivity index (χ0v) is 36.0. The van der Waals surface area contributed by atoms with E-state index in [2.05, 4.69) is 115 Å². The Morgan fingerprint density at radius 2 is 1.47 bits per heavy atom. The number of fused-ring (bicyclic) bond motifs is 1. The molecule has 1 fully saturated rings. The zero-order valence-electron chi connectivity index (χ0n) is 36.0. The van der Waals surface area contributed by atoms with Gasteiger partial charge in [0, 0.05) is 62.3 Å². The molecule has 2 aliphatic rings. The van der Waals surface area contributed by atoms with Crippen LogP contribution in [0.5, 0.6) is 0 Å². The molecule has 0 aromatic heterocycles. The third-order valence-electron chi connectivity index (χ3n) is 10.3. The number of aryl methyl sites for hydroxylation is 6. The molecule has 0 bridgehead atoms. The summed E-state index contributed by atoms with van der Waals surface area (Å²) in [7, 11) is 1.93. The Morgan fingerprint density at radius 3 is 1.88 bits per heavy atom. The molecule has 4 rings (SSSR count). The van der Waals surface area contributed by atoms with Gasteiger partial charge in [-0.15, -0.1) is 4.91 Å². The second-order valence-corrected chi connectivity index (χ2v) is 15.1. The van der Waals surface area contributed by atoms with E-state index in [0.29, 0.717) is 11.8 Å². The van der Waals surface area contributed by atoms with Crippen LogP contribution in [-0.2, 0) is 22.4 Å². The fourth-order valence-corrected chi connectivity index (χ4v) is 7.01. The zero-order chi connectivity index (χ0) is 39.3. The molecule has 1 aliphatic heterocycles. The standard InChI is InChI=1S/C27H48N2O.C11H14.C3H5NO2.2C2H6/c1-10-15-28(16-14-20(3)11-2)26(30-9)25-19-29(27(6,7)8)18-24(25)23-13-12-21(4)17-22(23)5;1-8-6-10-4-3-5-11(10)7-9(8)2;1-2-3(5)4-6;2*1-2/h12-13,17,20,24-26H,10-11,14-16,18-19H2,1-9H3;6-7H,3-5H2,1-2H3;2H2,1H3;2*1-2H3/t20?,24-,25?,26?;;;;/m0..../s1. The van der Waals surface area contributed by atoms with E-state index in [9.17, 15) is 4.79 Å². The topological polar surface area (TPSA) is 62.2 Å². The number of carbonyl (C=O) groups excluding carboxylic acids is 1. The first-order chi connectivity index (χ1) is 24.2. The highest BCUT2D eigenvalue weighted by Gasteiger charge is 2.44. The lowest BCUT2D eigenvalue weighted by atomic mass is 9.84. The van der Waals surface area contributed by atoms with Crippen molar-refractivity contribution in [2.75, 3.05) is 33.3 Å². The molecular formula is C45H79N3O3. The van der Waals surface area contributed by atoms with Crippen molar-refractivity contribution in [1.29, 1.82) is 0 Å². The van der Waals surface area contributed by atoms with Crippen molar-refractivity contribution >= 4 is 5.91 Å². The third kappa shape index (κ3) is 16.0. The van der Waals surface area contributed by atoms with Crippen LogP contribution in [0, 0.1) is 44.4 Å². The highest BCUT2D eigenvalue weighted by molar-refractivity contribution is 5.76. The Bertz CT molecular complexity index is 1240. The highest BCUT2D eigenvalue weighted by atomic mass is 16.5. The molecule has 2 aromatic rings. The molecule has 6 nitrogen and oxygen atoms in total. The summed E-state index contributed by atoms with van der Waals surface area (Å²) in [6, 6.07) is 11.7. The van der Waals surface area contributed by atoms with Gasteiger partial charge in [0.25, 0.3) is 5.91 Å². The Hall–Kier alpha value is -2.41. The Morgan fingerprint density at radius 1 is 0.902 bits per heavy atom. The number of carbonyl (C=O) groups is 1. The predicted molar refractivity (Wildman–Crippen MR) is 222 cm³/mol. The number of methoxy groups -OCH3 is 1. The Kier molecular flexibility index (Phi) is 24.3. The fraction of sp³-hybridized carbons (Fsp3) is 0.711. The van der Waals surface area contributed by atoms with Gasteiger partial charge in [-0.3, -0.25) is 14.6 Å². The molecule has 51 heavy (non-hydrogen) atoms. The number of benzene rings is 2. The van der Waals surface area contributed by atoms with E-state index in [1.165, 1.54) is 66.3 Å². The van der Waals surface area contributed by atoms with E-state index in [1.807, 2.05) is 34.8 Å². The molecule has 4 atom stereocenters. The first kappa shape index (κ1) is 48.6. The van der Waals surface area contributed by atoms with Gasteiger partial charge in [-0.1, -0.05) is 97.7 Å². The normalized spacial score (nSPS) is 17.7. The lowest BCUT2D eigenvalue weighted by Gasteiger charge is -2.38. The van der Waals surface area contributed by atoms with Gasteiger partial charge in [-0.25, -0.2) is 0 Å². The van der Waals surface area contributed by atoms with Gasteiger partial charge in [0.05, 0.1) is 0 Å². The average Bonchev–Trinajstić information content (AvgIpc) is 3.77. The molecule has 0 radical (unpaired) electrons. The monoisotopic (exact) mass is 710 g/mol. The van der Waals surface area contributed by atoms with Crippen LogP contribution in [-0.4, -0.2) is 60.8 Å². The molecular weight excluding hydrogens is 631 g/mol. The van der Waals surface area contributed by atoms with Crippen LogP contribution in [0.4, 0.5) is 0 Å². The molecule has 0 spiro atoms. The summed E-state index contributed by atoms with van der Waals surface area (Å²) in [5.74, 6) is 1.18. The minimum atomic E-state index is -0.588. The first-order valence-electron chi connectivity index (χ1n) is 20.2. The average molecular weight is 710 g/mol. The maximum Gasteiger partial charge on any atom is 0.286 e. The lowest BCUT2D eigenvalue weighted by molar-refractivity contribution is -0.117. The van der Waals surface area contributed by atoms with E-state index in [-0.39, 0.29) is 18.2 Å². The van der Waals surface area contributed by atoms with Crippen molar-refractivity contribution in [2.45, 2.75) is 166 Å². The number of likely N-dealkylation sites (tertiary alicyclic amines) is 1. The maximum atomic E-state index is 9.70. The number of ether oxygens (including phenoxy) is 1. The number of hydrogen-bond acceptors (Lipinski definition) is 5. The number of nitrogens with zero attached hydrogens (tertiary/aromatic N) is 3. The molecule has 1 heterocycles. The van der Waals surface area contributed by atoms with Gasteiger partial charge < -0.3 is 4.74 Å². The maximum absolute atomic E-state index is 9.70. The molecule has 0 saturated carbocycles. The van der Waals surface area contributed by atoms with Crippen LogP contribution >= 0.6 is 0 Å². The minimum absolute atomic E-state index is 0.173. The third-order valence-corrected chi connectivity index (χ3v) is 10.3. The van der Waals surface area contributed by atoms with E-state index < -0.39 is 5.91 Å². The van der Waals surface area contributed by atoms with Crippen molar-refractivity contribution in [3.63, 3.8) is 0 Å². The summed E-state index contributed by atoms with van der Waals surface area (Å²) in [5.41, 5.74) is 10.5.